The van der Waals surface area contributed by atoms with Gasteiger partial charge < -0.3 is 9.47 Å². The van der Waals surface area contributed by atoms with Crippen LogP contribution in [-0.2, 0) is 9.47 Å². The van der Waals surface area contributed by atoms with Crippen LogP contribution < -0.4 is 0 Å². The van der Waals surface area contributed by atoms with Gasteiger partial charge in [0, 0.05) is 12.2 Å². The van der Waals surface area contributed by atoms with Crippen LogP contribution in [0.15, 0.2) is 35.3 Å². The lowest BCUT2D eigenvalue weighted by Crippen LogP contribution is -2.11. The summed E-state index contributed by atoms with van der Waals surface area (Å²) in [5.74, 6) is 0.691. The van der Waals surface area contributed by atoms with Crippen LogP contribution in [-0.4, -0.2) is 25.3 Å². The van der Waals surface area contributed by atoms with Gasteiger partial charge in [0.05, 0.1) is 0 Å². The molecule has 0 radical (unpaired) electrons. The Labute approximate surface area is 89.7 Å². The van der Waals surface area contributed by atoms with E-state index >= 15 is 0 Å². The Bertz CT molecular complexity index is 335. The third kappa shape index (κ3) is 2.57. The van der Waals surface area contributed by atoms with Gasteiger partial charge in [0.1, 0.15) is 6.61 Å². The number of benzene rings is 1. The minimum Gasteiger partial charge on any atom is -0.473 e. The number of rotatable bonds is 4. The molecule has 1 heterocycles. The van der Waals surface area contributed by atoms with E-state index in [-0.39, 0.29) is 6.23 Å². The number of nitrogens with zero attached hydrogens (tertiary/aromatic N) is 1. The van der Waals surface area contributed by atoms with Crippen molar-refractivity contribution in [3.63, 3.8) is 0 Å². The van der Waals surface area contributed by atoms with E-state index in [2.05, 4.69) is 11.9 Å². The lowest BCUT2D eigenvalue weighted by molar-refractivity contribution is 0.0414. The van der Waals surface area contributed by atoms with Crippen molar-refractivity contribution in [2.75, 3.05) is 13.2 Å². The molecule has 0 N–H and O–H groups in total. The van der Waals surface area contributed by atoms with Crippen molar-refractivity contribution in [2.24, 2.45) is 4.99 Å². The highest BCUT2D eigenvalue weighted by molar-refractivity contribution is 5.94. The van der Waals surface area contributed by atoms with Crippen molar-refractivity contribution < 1.29 is 9.47 Å². The Hall–Kier alpha value is -1.35. The average molecular weight is 205 g/mol. The summed E-state index contributed by atoms with van der Waals surface area (Å²) in [5, 5.41) is 0. The molecule has 3 heteroatoms. The molecular weight excluding hydrogens is 190 g/mol. The van der Waals surface area contributed by atoms with Crippen LogP contribution >= 0.6 is 0 Å². The van der Waals surface area contributed by atoms with Gasteiger partial charge >= 0.3 is 0 Å². The van der Waals surface area contributed by atoms with Gasteiger partial charge in [-0.15, -0.1) is 0 Å². The molecule has 80 valence electrons. The van der Waals surface area contributed by atoms with E-state index in [0.717, 1.165) is 18.6 Å². The van der Waals surface area contributed by atoms with Crippen LogP contribution in [0.2, 0.25) is 0 Å². The fraction of sp³-hybridized carbons (Fsp3) is 0.417. The van der Waals surface area contributed by atoms with Crippen LogP contribution in [0.5, 0.6) is 0 Å². The minimum atomic E-state index is -0.125. The molecular formula is C12H15NO2. The van der Waals surface area contributed by atoms with Gasteiger partial charge in [-0.25, -0.2) is 4.99 Å². The topological polar surface area (TPSA) is 30.8 Å². The lowest BCUT2D eigenvalue weighted by Gasteiger charge is -2.04. The second kappa shape index (κ2) is 4.94. The maximum absolute atomic E-state index is 5.49. The van der Waals surface area contributed by atoms with Crippen molar-refractivity contribution in [1.29, 1.82) is 0 Å². The van der Waals surface area contributed by atoms with Gasteiger partial charge in [-0.1, -0.05) is 25.1 Å². The monoisotopic (exact) mass is 205 g/mol. The molecule has 3 nitrogen and oxygen atoms in total. The number of hydrogen-bond acceptors (Lipinski definition) is 3. The minimum absolute atomic E-state index is 0.125. The van der Waals surface area contributed by atoms with Crippen LogP contribution in [0.25, 0.3) is 0 Å². The second-order valence-corrected chi connectivity index (χ2v) is 3.44. The van der Waals surface area contributed by atoms with Crippen LogP contribution in [0.4, 0.5) is 0 Å². The van der Waals surface area contributed by atoms with E-state index in [4.69, 9.17) is 9.47 Å². The molecule has 1 aliphatic heterocycles. The lowest BCUT2D eigenvalue weighted by atomic mass is 10.2. The smallest absolute Gasteiger partial charge is 0.218 e. The van der Waals surface area contributed by atoms with E-state index in [0.29, 0.717) is 12.5 Å². The molecule has 0 aliphatic carbocycles. The summed E-state index contributed by atoms with van der Waals surface area (Å²) in [6, 6.07) is 9.90. The summed E-state index contributed by atoms with van der Waals surface area (Å²) >= 11 is 0. The molecule has 0 aromatic heterocycles. The Morgan fingerprint density at radius 3 is 2.93 bits per heavy atom. The normalized spacial score (nSPS) is 19.8. The zero-order valence-corrected chi connectivity index (χ0v) is 8.85. The molecule has 1 aromatic carbocycles. The highest BCUT2D eigenvalue weighted by atomic mass is 16.6. The highest BCUT2D eigenvalue weighted by Crippen LogP contribution is 2.12. The molecule has 0 bridgehead atoms. The Morgan fingerprint density at radius 2 is 2.20 bits per heavy atom. The molecule has 0 fully saturated rings. The fourth-order valence-electron chi connectivity index (χ4n) is 1.43. The maximum Gasteiger partial charge on any atom is 0.218 e. The highest BCUT2D eigenvalue weighted by Gasteiger charge is 2.19. The Morgan fingerprint density at radius 1 is 1.40 bits per heavy atom. The summed E-state index contributed by atoms with van der Waals surface area (Å²) in [5.41, 5.74) is 1.01. The van der Waals surface area contributed by atoms with Crippen molar-refractivity contribution in [3.05, 3.63) is 35.9 Å². The van der Waals surface area contributed by atoms with Crippen LogP contribution in [0.1, 0.15) is 18.9 Å². The maximum atomic E-state index is 5.49. The zero-order valence-electron chi connectivity index (χ0n) is 8.85. The van der Waals surface area contributed by atoms with Gasteiger partial charge in [-0.05, 0) is 18.6 Å². The number of hydrogen-bond donors (Lipinski definition) is 0. The first kappa shape index (κ1) is 10.2. The van der Waals surface area contributed by atoms with Gasteiger partial charge in [0.15, 0.2) is 6.23 Å². The van der Waals surface area contributed by atoms with Crippen molar-refractivity contribution in [1.82, 2.24) is 0 Å². The summed E-state index contributed by atoms with van der Waals surface area (Å²) in [6.07, 6.45) is 0.882. The van der Waals surface area contributed by atoms with Crippen molar-refractivity contribution >= 4 is 5.90 Å². The van der Waals surface area contributed by atoms with E-state index < -0.39 is 0 Å². The standard InChI is InChI=1S/C12H15NO2/c1-2-8-14-11-9-15-12(13-11)10-6-4-3-5-7-10/h3-7,11H,2,8-9H2,1H3. The predicted octanol–water partition coefficient (Wildman–Crippen LogP) is 2.22. The third-order valence-corrected chi connectivity index (χ3v) is 2.16. The van der Waals surface area contributed by atoms with Crippen molar-refractivity contribution in [3.8, 4) is 0 Å². The number of aliphatic imine (C=N–C) groups is 1. The van der Waals surface area contributed by atoms with Gasteiger partial charge in [0.2, 0.25) is 5.90 Å². The van der Waals surface area contributed by atoms with Gasteiger partial charge in [-0.3, -0.25) is 0 Å². The molecule has 1 aromatic rings. The van der Waals surface area contributed by atoms with E-state index in [1.54, 1.807) is 0 Å². The number of ether oxygens (including phenoxy) is 2. The summed E-state index contributed by atoms with van der Waals surface area (Å²) < 4.78 is 11.0. The van der Waals surface area contributed by atoms with Crippen LogP contribution in [0, 0.1) is 0 Å². The van der Waals surface area contributed by atoms with Crippen molar-refractivity contribution in [2.45, 2.75) is 19.6 Å². The third-order valence-electron chi connectivity index (χ3n) is 2.16. The van der Waals surface area contributed by atoms with Gasteiger partial charge in [0.25, 0.3) is 0 Å². The van der Waals surface area contributed by atoms with Gasteiger partial charge in [-0.2, -0.15) is 0 Å². The SMILES string of the molecule is CCCOC1COC(c2ccccc2)=N1. The quantitative estimate of drug-likeness (QED) is 0.754. The molecule has 1 unspecified atom stereocenters. The Balaban J connectivity index is 2.00. The molecule has 0 saturated carbocycles. The first-order valence-electron chi connectivity index (χ1n) is 5.28. The molecule has 2 rings (SSSR count). The fourth-order valence-corrected chi connectivity index (χ4v) is 1.43. The molecule has 15 heavy (non-hydrogen) atoms. The summed E-state index contributed by atoms with van der Waals surface area (Å²) in [4.78, 5) is 4.37. The first-order chi connectivity index (χ1) is 7.40. The van der Waals surface area contributed by atoms with E-state index in [1.165, 1.54) is 0 Å². The largest absolute Gasteiger partial charge is 0.473 e. The van der Waals surface area contributed by atoms with E-state index in [9.17, 15) is 0 Å². The second-order valence-electron chi connectivity index (χ2n) is 3.44. The molecule has 1 atom stereocenters. The first-order valence-corrected chi connectivity index (χ1v) is 5.28. The predicted molar refractivity (Wildman–Crippen MR) is 59.0 cm³/mol. The molecule has 1 aliphatic rings. The molecule has 0 saturated heterocycles. The zero-order chi connectivity index (χ0) is 10.5. The average Bonchev–Trinajstić information content (AvgIpc) is 2.76. The Kier molecular flexibility index (Phi) is 3.35. The summed E-state index contributed by atoms with van der Waals surface area (Å²) in [6.45, 7) is 3.35. The molecule has 0 amide bonds. The molecule has 0 spiro atoms. The van der Waals surface area contributed by atoms with Crippen LogP contribution in [0.3, 0.4) is 0 Å². The van der Waals surface area contributed by atoms with E-state index in [1.807, 2.05) is 30.3 Å². The summed E-state index contributed by atoms with van der Waals surface area (Å²) in [7, 11) is 0.